The highest BCUT2D eigenvalue weighted by Crippen LogP contribution is 2.32. The highest BCUT2D eigenvalue weighted by Gasteiger charge is 2.19. The fraction of sp³-hybridized carbons (Fsp3) is 0.160. The molecular formula is C25H20ClFO5. The lowest BCUT2D eigenvalue weighted by Gasteiger charge is -2.11. The van der Waals surface area contributed by atoms with E-state index in [0.717, 1.165) is 5.75 Å². The summed E-state index contributed by atoms with van der Waals surface area (Å²) < 4.78 is 36.7. The van der Waals surface area contributed by atoms with Gasteiger partial charge in [-0.05, 0) is 55.5 Å². The zero-order valence-electron chi connectivity index (χ0n) is 17.5. The zero-order valence-corrected chi connectivity index (χ0v) is 18.2. The fourth-order valence-corrected chi connectivity index (χ4v) is 3.65. The molecular weight excluding hydrogens is 435 g/mol. The molecule has 0 unspecified atom stereocenters. The summed E-state index contributed by atoms with van der Waals surface area (Å²) in [6, 6.07) is 16.4. The second-order valence-electron chi connectivity index (χ2n) is 6.99. The maximum atomic E-state index is 14.4. The van der Waals surface area contributed by atoms with E-state index < -0.39 is 5.82 Å². The Morgan fingerprint density at radius 1 is 0.906 bits per heavy atom. The third-order valence-electron chi connectivity index (χ3n) is 4.93. The number of hydrogen-bond donors (Lipinski definition) is 0. The van der Waals surface area contributed by atoms with Crippen molar-refractivity contribution in [3.8, 4) is 28.4 Å². The molecule has 1 heterocycles. The first-order chi connectivity index (χ1) is 15.5. The summed E-state index contributed by atoms with van der Waals surface area (Å²) in [6.07, 6.45) is 0. The van der Waals surface area contributed by atoms with Gasteiger partial charge in [0.05, 0.1) is 23.1 Å². The first-order valence-electron chi connectivity index (χ1n) is 9.89. The zero-order chi connectivity index (χ0) is 22.7. The summed E-state index contributed by atoms with van der Waals surface area (Å²) in [5.41, 5.74) is 0.142. The Balaban J connectivity index is 1.51. The molecule has 0 bridgehead atoms. The lowest BCUT2D eigenvalue weighted by atomic mass is 10.0. The van der Waals surface area contributed by atoms with Gasteiger partial charge in [0.2, 0.25) is 5.43 Å². The van der Waals surface area contributed by atoms with Gasteiger partial charge in [-0.3, -0.25) is 4.79 Å². The number of ether oxygens (including phenoxy) is 3. The van der Waals surface area contributed by atoms with Gasteiger partial charge in [-0.2, -0.15) is 0 Å². The molecule has 0 spiro atoms. The van der Waals surface area contributed by atoms with Gasteiger partial charge in [0.1, 0.15) is 47.6 Å². The lowest BCUT2D eigenvalue weighted by molar-refractivity contribution is 0.217. The summed E-state index contributed by atoms with van der Waals surface area (Å²) in [4.78, 5) is 13.1. The summed E-state index contributed by atoms with van der Waals surface area (Å²) in [5, 5.41) is 0.461. The molecule has 4 rings (SSSR count). The molecule has 4 aromatic rings. The molecule has 0 aliphatic carbocycles. The van der Waals surface area contributed by atoms with Crippen LogP contribution < -0.4 is 19.6 Å². The van der Waals surface area contributed by atoms with Gasteiger partial charge in [0, 0.05) is 11.6 Å². The summed E-state index contributed by atoms with van der Waals surface area (Å²) in [6.45, 7) is 2.23. The second-order valence-corrected chi connectivity index (χ2v) is 7.40. The van der Waals surface area contributed by atoms with Crippen LogP contribution in [0.3, 0.4) is 0 Å². The minimum Gasteiger partial charge on any atom is -0.497 e. The van der Waals surface area contributed by atoms with E-state index in [-0.39, 0.29) is 27.3 Å². The van der Waals surface area contributed by atoms with Crippen molar-refractivity contribution in [3.63, 3.8) is 0 Å². The molecule has 0 atom stereocenters. The predicted octanol–water partition coefficient (Wildman–Crippen LogP) is 6.03. The molecule has 0 amide bonds. The van der Waals surface area contributed by atoms with Crippen LogP contribution in [0.1, 0.15) is 5.76 Å². The van der Waals surface area contributed by atoms with Crippen molar-refractivity contribution in [2.45, 2.75) is 6.92 Å². The highest BCUT2D eigenvalue weighted by atomic mass is 35.5. The van der Waals surface area contributed by atoms with E-state index in [4.69, 9.17) is 30.2 Å². The van der Waals surface area contributed by atoms with E-state index in [9.17, 15) is 9.18 Å². The van der Waals surface area contributed by atoms with Gasteiger partial charge in [0.25, 0.3) is 0 Å². The van der Waals surface area contributed by atoms with Gasteiger partial charge < -0.3 is 18.6 Å². The third-order valence-corrected chi connectivity index (χ3v) is 5.25. The predicted molar refractivity (Wildman–Crippen MR) is 122 cm³/mol. The highest BCUT2D eigenvalue weighted by molar-refractivity contribution is 6.33. The lowest BCUT2D eigenvalue weighted by Crippen LogP contribution is -2.10. The Morgan fingerprint density at radius 3 is 2.25 bits per heavy atom. The largest absolute Gasteiger partial charge is 0.497 e. The second kappa shape index (κ2) is 9.32. The topological polar surface area (TPSA) is 57.9 Å². The molecule has 1 aromatic heterocycles. The van der Waals surface area contributed by atoms with Crippen molar-refractivity contribution in [3.05, 3.63) is 87.5 Å². The molecule has 0 saturated carbocycles. The Kier molecular flexibility index (Phi) is 6.32. The number of methoxy groups -OCH3 is 1. The number of hydrogen-bond acceptors (Lipinski definition) is 5. The van der Waals surface area contributed by atoms with Crippen LogP contribution in [0, 0.1) is 12.7 Å². The van der Waals surface area contributed by atoms with Crippen LogP contribution >= 0.6 is 11.6 Å². The number of aryl methyl sites for hydroxylation is 1. The van der Waals surface area contributed by atoms with Gasteiger partial charge in [0.15, 0.2) is 0 Å². The van der Waals surface area contributed by atoms with Crippen LogP contribution in [0.2, 0.25) is 5.02 Å². The quantitative estimate of drug-likeness (QED) is 0.319. The van der Waals surface area contributed by atoms with E-state index in [1.54, 1.807) is 32.2 Å². The van der Waals surface area contributed by atoms with Crippen LogP contribution in [0.15, 0.2) is 69.9 Å². The van der Waals surface area contributed by atoms with Crippen molar-refractivity contribution >= 4 is 22.6 Å². The van der Waals surface area contributed by atoms with E-state index >= 15 is 0 Å². The Hall–Kier alpha value is -3.51. The molecule has 0 fully saturated rings. The van der Waals surface area contributed by atoms with E-state index in [2.05, 4.69) is 0 Å². The van der Waals surface area contributed by atoms with Crippen LogP contribution in [0.4, 0.5) is 4.39 Å². The fourth-order valence-electron chi connectivity index (χ4n) is 3.39. The van der Waals surface area contributed by atoms with Gasteiger partial charge in [-0.15, -0.1) is 0 Å². The first-order valence-corrected chi connectivity index (χ1v) is 10.3. The number of halogens is 2. The smallest absolute Gasteiger partial charge is 0.200 e. The van der Waals surface area contributed by atoms with Crippen LogP contribution in [-0.4, -0.2) is 20.3 Å². The van der Waals surface area contributed by atoms with Crippen LogP contribution in [0.5, 0.6) is 17.2 Å². The van der Waals surface area contributed by atoms with Crippen molar-refractivity contribution in [1.29, 1.82) is 0 Å². The minimum atomic E-state index is -0.580. The number of fused-ring (bicyclic) bond motifs is 1. The molecule has 0 aliphatic heterocycles. The van der Waals surface area contributed by atoms with Gasteiger partial charge in [-0.25, -0.2) is 4.39 Å². The Morgan fingerprint density at radius 2 is 1.56 bits per heavy atom. The number of benzene rings is 3. The van der Waals surface area contributed by atoms with Crippen molar-refractivity contribution in [1.82, 2.24) is 0 Å². The SMILES string of the molecule is COc1ccc(OCCOc2ccc3c(=O)c(-c4c(F)cccc4Cl)c(C)oc3c2)cc1. The standard InChI is InChI=1S/C25H20ClFO5/c1-15-23(24-20(26)4-3-5-21(24)27)25(28)19-11-10-18(14-22(19)32-15)31-13-12-30-17-8-6-16(29-2)7-9-17/h3-11,14H,12-13H2,1-2H3. The normalized spacial score (nSPS) is 10.9. The van der Waals surface area contributed by atoms with Crippen LogP contribution in [0.25, 0.3) is 22.1 Å². The Bertz CT molecular complexity index is 1290. The molecule has 32 heavy (non-hydrogen) atoms. The van der Waals surface area contributed by atoms with E-state index in [1.165, 1.54) is 18.2 Å². The molecule has 0 saturated heterocycles. The first kappa shape index (κ1) is 21.7. The molecule has 7 heteroatoms. The van der Waals surface area contributed by atoms with Crippen LogP contribution in [-0.2, 0) is 0 Å². The van der Waals surface area contributed by atoms with E-state index in [0.29, 0.717) is 35.7 Å². The minimum absolute atomic E-state index is 0.0401. The van der Waals surface area contributed by atoms with Gasteiger partial charge >= 0.3 is 0 Å². The summed E-state index contributed by atoms with van der Waals surface area (Å²) in [7, 11) is 1.60. The molecule has 164 valence electrons. The monoisotopic (exact) mass is 454 g/mol. The maximum Gasteiger partial charge on any atom is 0.200 e. The Labute approximate surface area is 188 Å². The van der Waals surface area contributed by atoms with E-state index in [1.807, 2.05) is 24.3 Å². The summed E-state index contributed by atoms with van der Waals surface area (Å²) >= 11 is 6.16. The van der Waals surface area contributed by atoms with Crippen molar-refractivity contribution < 1.29 is 23.0 Å². The maximum absolute atomic E-state index is 14.4. The third kappa shape index (κ3) is 4.41. The molecule has 0 radical (unpaired) electrons. The van der Waals surface area contributed by atoms with Crippen molar-refractivity contribution in [2.75, 3.05) is 20.3 Å². The average molecular weight is 455 g/mol. The summed E-state index contributed by atoms with van der Waals surface area (Å²) in [5.74, 6) is 1.67. The number of rotatable bonds is 7. The molecule has 0 N–H and O–H groups in total. The molecule has 5 nitrogen and oxygen atoms in total. The average Bonchev–Trinajstić information content (AvgIpc) is 2.79. The molecule has 3 aromatic carbocycles. The van der Waals surface area contributed by atoms with Gasteiger partial charge in [-0.1, -0.05) is 17.7 Å². The molecule has 0 aliphatic rings. The van der Waals surface area contributed by atoms with Crippen molar-refractivity contribution in [2.24, 2.45) is 0 Å².